The average molecular weight is 546 g/mol. The highest BCUT2D eigenvalue weighted by molar-refractivity contribution is 5.98. The zero-order valence-corrected chi connectivity index (χ0v) is 23.0. The highest BCUT2D eigenvalue weighted by atomic mass is 19.1. The molecule has 40 heavy (non-hydrogen) atoms. The van der Waals surface area contributed by atoms with Crippen molar-refractivity contribution in [1.29, 1.82) is 5.26 Å². The van der Waals surface area contributed by atoms with Crippen molar-refractivity contribution >= 4 is 22.7 Å². The molecule has 0 spiro atoms. The number of anilines is 1. The smallest absolute Gasteiger partial charge is 0.290 e. The zero-order chi connectivity index (χ0) is 28.8. The van der Waals surface area contributed by atoms with Crippen LogP contribution in [0.15, 0.2) is 53.8 Å². The number of rotatable bonds is 6. The maximum atomic E-state index is 15.2. The molecule has 4 aromatic rings. The van der Waals surface area contributed by atoms with E-state index < -0.39 is 28.5 Å². The van der Waals surface area contributed by atoms with Crippen molar-refractivity contribution in [1.82, 2.24) is 9.97 Å². The van der Waals surface area contributed by atoms with Crippen molar-refractivity contribution in [3.8, 4) is 34.4 Å². The number of hydrogen-bond donors (Lipinski definition) is 2. The van der Waals surface area contributed by atoms with E-state index in [2.05, 4.69) is 26.3 Å². The molecule has 2 aromatic heterocycles. The normalized spacial score (nSPS) is 15.4. The van der Waals surface area contributed by atoms with Crippen LogP contribution in [-0.4, -0.2) is 33.2 Å². The minimum Gasteiger partial charge on any atom is -0.490 e. The molecule has 8 nitrogen and oxygen atoms in total. The van der Waals surface area contributed by atoms with Crippen LogP contribution in [-0.2, 0) is 4.74 Å². The lowest BCUT2D eigenvalue weighted by atomic mass is 9.87. The summed E-state index contributed by atoms with van der Waals surface area (Å²) < 4.78 is 47.8. The van der Waals surface area contributed by atoms with E-state index in [0.717, 1.165) is 12.1 Å². The largest absolute Gasteiger partial charge is 0.490 e. The van der Waals surface area contributed by atoms with Crippen LogP contribution in [0.3, 0.4) is 0 Å². The van der Waals surface area contributed by atoms with Gasteiger partial charge in [-0.2, -0.15) is 5.26 Å². The molecule has 0 aliphatic carbocycles. The van der Waals surface area contributed by atoms with Crippen molar-refractivity contribution in [2.45, 2.75) is 58.8 Å². The fourth-order valence-electron chi connectivity index (χ4n) is 4.28. The van der Waals surface area contributed by atoms with Gasteiger partial charge in [0, 0.05) is 35.8 Å². The van der Waals surface area contributed by atoms with Crippen LogP contribution in [0.4, 0.5) is 14.5 Å². The Morgan fingerprint density at radius 3 is 2.40 bits per heavy atom. The van der Waals surface area contributed by atoms with E-state index in [-0.39, 0.29) is 23.6 Å². The Labute approximate surface area is 230 Å². The van der Waals surface area contributed by atoms with E-state index in [0.29, 0.717) is 33.5 Å². The SMILES string of the molecule is CC(C)Oc1ccc(-c2c[nH]c3nccc(Oc4c(F)cc(NC5=NC(C)(C)C(C)(C)O5)cc4F)c23)cc1C#N. The number of fused-ring (bicyclic) bond motifs is 1. The molecule has 2 N–H and O–H groups in total. The number of aromatic amines is 1. The number of benzene rings is 2. The molecular weight excluding hydrogens is 516 g/mol. The Balaban J connectivity index is 1.47. The molecule has 0 saturated carbocycles. The van der Waals surface area contributed by atoms with Gasteiger partial charge >= 0.3 is 0 Å². The molecule has 206 valence electrons. The van der Waals surface area contributed by atoms with E-state index in [9.17, 15) is 5.26 Å². The van der Waals surface area contributed by atoms with Gasteiger partial charge in [-0.05, 0) is 65.3 Å². The van der Waals surface area contributed by atoms with Crippen LogP contribution < -0.4 is 14.8 Å². The van der Waals surface area contributed by atoms with Crippen LogP contribution >= 0.6 is 0 Å². The van der Waals surface area contributed by atoms with E-state index in [1.165, 1.54) is 12.3 Å². The molecule has 0 atom stereocenters. The van der Waals surface area contributed by atoms with Gasteiger partial charge in [-0.15, -0.1) is 0 Å². The minimum atomic E-state index is -0.913. The Kier molecular flexibility index (Phi) is 6.62. The Morgan fingerprint density at radius 1 is 1.05 bits per heavy atom. The fraction of sp³-hybridized carbons (Fsp3) is 0.300. The molecule has 2 aromatic carbocycles. The summed E-state index contributed by atoms with van der Waals surface area (Å²) in [6.07, 6.45) is 3.08. The van der Waals surface area contributed by atoms with Gasteiger partial charge in [0.2, 0.25) is 0 Å². The molecular formula is C30H29F2N5O3. The second-order valence-electron chi connectivity index (χ2n) is 10.8. The summed E-state index contributed by atoms with van der Waals surface area (Å²) in [7, 11) is 0. The number of aromatic nitrogens is 2. The Hall–Kier alpha value is -4.65. The third-order valence-electron chi connectivity index (χ3n) is 6.98. The molecule has 0 fully saturated rings. The van der Waals surface area contributed by atoms with Crippen molar-refractivity contribution in [3.05, 3.63) is 66.0 Å². The highest BCUT2D eigenvalue weighted by Crippen LogP contribution is 2.40. The molecule has 0 unspecified atom stereocenters. The molecule has 0 radical (unpaired) electrons. The number of H-pyrrole nitrogens is 1. The summed E-state index contributed by atoms with van der Waals surface area (Å²) in [5.41, 5.74) is 1.15. The molecule has 1 aliphatic rings. The monoisotopic (exact) mass is 545 g/mol. The van der Waals surface area contributed by atoms with Crippen LogP contribution in [0.1, 0.15) is 47.1 Å². The van der Waals surface area contributed by atoms with E-state index in [4.69, 9.17) is 14.2 Å². The maximum absolute atomic E-state index is 15.2. The Bertz CT molecular complexity index is 1660. The predicted molar refractivity (Wildman–Crippen MR) is 149 cm³/mol. The van der Waals surface area contributed by atoms with E-state index in [1.54, 1.807) is 24.4 Å². The number of pyridine rings is 1. The van der Waals surface area contributed by atoms with Gasteiger partial charge in [0.25, 0.3) is 6.02 Å². The van der Waals surface area contributed by atoms with Crippen LogP contribution in [0, 0.1) is 23.0 Å². The second-order valence-corrected chi connectivity index (χ2v) is 10.8. The van der Waals surface area contributed by atoms with Crippen LogP contribution in [0.5, 0.6) is 17.2 Å². The predicted octanol–water partition coefficient (Wildman–Crippen LogP) is 7.31. The topological polar surface area (TPSA) is 105 Å². The minimum absolute atomic E-state index is 0.0982. The zero-order valence-electron chi connectivity index (χ0n) is 23.0. The summed E-state index contributed by atoms with van der Waals surface area (Å²) >= 11 is 0. The van der Waals surface area contributed by atoms with Crippen molar-refractivity contribution in [2.75, 3.05) is 5.32 Å². The van der Waals surface area contributed by atoms with Crippen LogP contribution in [0.2, 0.25) is 0 Å². The highest BCUT2D eigenvalue weighted by Gasteiger charge is 2.45. The van der Waals surface area contributed by atoms with E-state index in [1.807, 2.05) is 41.5 Å². The number of ether oxygens (including phenoxy) is 3. The second kappa shape index (κ2) is 9.83. The third-order valence-corrected chi connectivity index (χ3v) is 6.98. The summed E-state index contributed by atoms with van der Waals surface area (Å²) in [4.78, 5) is 11.9. The van der Waals surface area contributed by atoms with E-state index >= 15 is 8.78 Å². The van der Waals surface area contributed by atoms with Crippen LogP contribution in [0.25, 0.3) is 22.2 Å². The summed E-state index contributed by atoms with van der Waals surface area (Å²) in [5, 5.41) is 13.0. The van der Waals surface area contributed by atoms with Gasteiger partial charge in [-0.3, -0.25) is 0 Å². The number of nitrogens with zero attached hydrogens (tertiary/aromatic N) is 3. The number of nitriles is 1. The number of nitrogens with one attached hydrogen (secondary N) is 2. The lowest BCUT2D eigenvalue weighted by Gasteiger charge is -2.30. The third kappa shape index (κ3) is 4.91. The van der Waals surface area contributed by atoms with Gasteiger partial charge in [0.15, 0.2) is 17.4 Å². The molecule has 3 heterocycles. The Morgan fingerprint density at radius 2 is 1.77 bits per heavy atom. The first-order chi connectivity index (χ1) is 18.9. The first-order valence-electron chi connectivity index (χ1n) is 12.8. The molecule has 0 bridgehead atoms. The fourth-order valence-corrected chi connectivity index (χ4v) is 4.28. The number of amidine groups is 1. The molecule has 10 heteroatoms. The molecule has 5 rings (SSSR count). The van der Waals surface area contributed by atoms with Gasteiger partial charge < -0.3 is 24.5 Å². The number of halogens is 2. The number of aliphatic imine (C=N–C) groups is 1. The van der Waals surface area contributed by atoms with Crippen molar-refractivity contribution < 1.29 is 23.0 Å². The van der Waals surface area contributed by atoms with Gasteiger partial charge in [0.1, 0.15) is 28.8 Å². The summed E-state index contributed by atoms with van der Waals surface area (Å²) in [6.45, 7) is 11.4. The van der Waals surface area contributed by atoms with Gasteiger partial charge in [0.05, 0.1) is 22.6 Å². The molecule has 0 saturated heterocycles. The quantitative estimate of drug-likeness (QED) is 0.263. The van der Waals surface area contributed by atoms with Gasteiger partial charge in [-0.1, -0.05) is 6.07 Å². The maximum Gasteiger partial charge on any atom is 0.290 e. The standard InChI is InChI=1S/C30H29F2N5O3/c1-16(2)38-23-8-7-17(11-18(23)14-33)20-15-35-27-25(20)24(9-10-34-27)39-26-21(31)12-19(13-22(26)32)36-28-37-29(3,4)30(5,6)40-28/h7-13,15-16H,1-6H3,(H,34,35)(H,36,37). The summed E-state index contributed by atoms with van der Waals surface area (Å²) in [6, 6.07) is 11.3. The number of hydrogen-bond acceptors (Lipinski definition) is 7. The van der Waals surface area contributed by atoms with Crippen molar-refractivity contribution in [2.24, 2.45) is 4.99 Å². The van der Waals surface area contributed by atoms with Gasteiger partial charge in [-0.25, -0.2) is 18.8 Å². The lowest BCUT2D eigenvalue weighted by molar-refractivity contribution is 0.0613. The molecule has 1 aliphatic heterocycles. The average Bonchev–Trinajstić information content (AvgIpc) is 3.38. The van der Waals surface area contributed by atoms with Crippen molar-refractivity contribution in [3.63, 3.8) is 0 Å². The molecule has 0 amide bonds. The summed E-state index contributed by atoms with van der Waals surface area (Å²) in [5.74, 6) is -1.74. The lowest BCUT2D eigenvalue weighted by Crippen LogP contribution is -2.41. The first kappa shape index (κ1) is 26.9. The first-order valence-corrected chi connectivity index (χ1v) is 12.8.